The molecule has 0 amide bonds. The number of Topliss-reactive ketones (excluding diaryl/α,β-unsaturated/α-hetero) is 1. The zero-order chi connectivity index (χ0) is 21.4. The van der Waals surface area contributed by atoms with Crippen LogP contribution in [0.5, 0.6) is 0 Å². The summed E-state index contributed by atoms with van der Waals surface area (Å²) in [4.78, 5) is 45.2. The molecule has 1 saturated heterocycles. The number of carbonyl (C=O) groups is 1. The van der Waals surface area contributed by atoms with Crippen molar-refractivity contribution >= 4 is 16.9 Å². The molecule has 3 heterocycles. The van der Waals surface area contributed by atoms with Gasteiger partial charge in [-0.15, -0.1) is 0 Å². The fourth-order valence-corrected chi connectivity index (χ4v) is 4.06. The second kappa shape index (κ2) is 8.02. The van der Waals surface area contributed by atoms with Gasteiger partial charge in [0.1, 0.15) is 5.82 Å². The molecular weight excluding hydrogens is 382 g/mol. The van der Waals surface area contributed by atoms with Gasteiger partial charge in [-0.05, 0) is 31.8 Å². The van der Waals surface area contributed by atoms with E-state index >= 15 is 0 Å². The monoisotopic (exact) mass is 409 g/mol. The fraction of sp³-hybridized carbons (Fsp3) is 0.455. The molecule has 0 bridgehead atoms. The summed E-state index contributed by atoms with van der Waals surface area (Å²) in [5.74, 6) is 1.24. The van der Waals surface area contributed by atoms with Crippen molar-refractivity contribution in [3.8, 4) is 0 Å². The van der Waals surface area contributed by atoms with E-state index in [1.165, 1.54) is 11.6 Å². The molecule has 1 aromatic carbocycles. The molecule has 30 heavy (non-hydrogen) atoms. The van der Waals surface area contributed by atoms with Gasteiger partial charge in [0.25, 0.3) is 5.56 Å². The van der Waals surface area contributed by atoms with Crippen molar-refractivity contribution in [1.82, 2.24) is 23.6 Å². The molecule has 0 N–H and O–H groups in total. The Hall–Kier alpha value is -3.00. The van der Waals surface area contributed by atoms with Gasteiger partial charge in [-0.25, -0.2) is 9.78 Å². The van der Waals surface area contributed by atoms with Gasteiger partial charge in [0.2, 0.25) is 0 Å². The number of piperidine rings is 1. The van der Waals surface area contributed by atoms with E-state index in [1.54, 1.807) is 23.7 Å². The van der Waals surface area contributed by atoms with Crippen LogP contribution in [0.2, 0.25) is 0 Å². The van der Waals surface area contributed by atoms with Gasteiger partial charge < -0.3 is 4.57 Å². The van der Waals surface area contributed by atoms with Crippen molar-refractivity contribution in [2.75, 3.05) is 13.1 Å². The third-order valence-electron chi connectivity index (χ3n) is 6.07. The normalized spacial score (nSPS) is 15.7. The van der Waals surface area contributed by atoms with E-state index in [-0.39, 0.29) is 12.3 Å². The molecule has 1 aliphatic rings. The minimum Gasteiger partial charge on any atom is -0.313 e. The van der Waals surface area contributed by atoms with Crippen molar-refractivity contribution in [2.45, 2.75) is 32.9 Å². The van der Waals surface area contributed by atoms with Crippen LogP contribution in [0.4, 0.5) is 0 Å². The number of fused-ring (bicyclic) bond motifs is 1. The van der Waals surface area contributed by atoms with Crippen LogP contribution < -0.4 is 11.2 Å². The van der Waals surface area contributed by atoms with Crippen LogP contribution in [0, 0.1) is 5.92 Å². The van der Waals surface area contributed by atoms with Gasteiger partial charge >= 0.3 is 5.69 Å². The van der Waals surface area contributed by atoms with Crippen molar-refractivity contribution in [3.63, 3.8) is 0 Å². The molecule has 8 nitrogen and oxygen atoms in total. The molecular formula is C22H27N5O3. The van der Waals surface area contributed by atoms with Crippen molar-refractivity contribution in [1.29, 1.82) is 0 Å². The second-order valence-corrected chi connectivity index (χ2v) is 8.24. The molecule has 3 aromatic rings. The van der Waals surface area contributed by atoms with E-state index < -0.39 is 11.2 Å². The number of ketones is 1. The van der Waals surface area contributed by atoms with Crippen molar-refractivity contribution in [2.24, 2.45) is 20.0 Å². The number of aromatic nitrogens is 4. The number of aryl methyl sites for hydroxylation is 1. The van der Waals surface area contributed by atoms with Gasteiger partial charge in [0, 0.05) is 19.7 Å². The fourth-order valence-electron chi connectivity index (χ4n) is 4.06. The smallest absolute Gasteiger partial charge is 0.313 e. The van der Waals surface area contributed by atoms with E-state index in [9.17, 15) is 14.4 Å². The van der Waals surface area contributed by atoms with Gasteiger partial charge in [0.15, 0.2) is 16.9 Å². The molecule has 0 aliphatic carbocycles. The third kappa shape index (κ3) is 3.63. The summed E-state index contributed by atoms with van der Waals surface area (Å²) in [6.07, 6.45) is 2.23. The van der Waals surface area contributed by atoms with Crippen LogP contribution in [0.3, 0.4) is 0 Å². The predicted molar refractivity (Wildman–Crippen MR) is 115 cm³/mol. The minimum atomic E-state index is -0.431. The molecule has 0 radical (unpaired) electrons. The first kappa shape index (κ1) is 20.3. The molecule has 0 spiro atoms. The van der Waals surface area contributed by atoms with E-state index in [0.29, 0.717) is 35.0 Å². The second-order valence-electron chi connectivity index (χ2n) is 8.24. The van der Waals surface area contributed by atoms with Crippen LogP contribution in [0.15, 0.2) is 39.9 Å². The molecule has 1 aliphatic heterocycles. The summed E-state index contributed by atoms with van der Waals surface area (Å²) in [6, 6.07) is 9.02. The number of imidazole rings is 1. The van der Waals surface area contributed by atoms with E-state index in [2.05, 4.69) is 16.8 Å². The van der Waals surface area contributed by atoms with Crippen molar-refractivity contribution < 1.29 is 4.79 Å². The highest BCUT2D eigenvalue weighted by atomic mass is 16.2. The summed E-state index contributed by atoms with van der Waals surface area (Å²) in [6.45, 7) is 4.71. The van der Waals surface area contributed by atoms with Crippen LogP contribution in [0.25, 0.3) is 11.2 Å². The Labute approximate surface area is 174 Å². The Bertz CT molecular complexity index is 1200. The molecule has 1 fully saturated rings. The zero-order valence-corrected chi connectivity index (χ0v) is 17.7. The highest BCUT2D eigenvalue weighted by molar-refractivity contribution is 5.96. The maximum atomic E-state index is 13.0. The maximum absolute atomic E-state index is 13.0. The Morgan fingerprint density at radius 2 is 1.73 bits per heavy atom. The van der Waals surface area contributed by atoms with Crippen LogP contribution >= 0.6 is 0 Å². The zero-order valence-electron chi connectivity index (χ0n) is 17.7. The summed E-state index contributed by atoms with van der Waals surface area (Å²) in [7, 11) is 3.05. The standard InChI is InChI=1S/C22H27N5O3/c1-15-9-11-26(12-10-15)14-18-23-20-19(21(29)25(3)22(30)24(20)2)27(18)13-17(28)16-7-5-4-6-8-16/h4-8,15H,9-14H2,1-3H3. The first-order valence-corrected chi connectivity index (χ1v) is 10.3. The van der Waals surface area contributed by atoms with Gasteiger partial charge in [-0.3, -0.25) is 23.6 Å². The van der Waals surface area contributed by atoms with Crippen LogP contribution in [0.1, 0.15) is 35.9 Å². The molecule has 4 rings (SSSR count). The number of rotatable bonds is 5. The Morgan fingerprint density at radius 3 is 2.40 bits per heavy atom. The van der Waals surface area contributed by atoms with Gasteiger partial charge in [0.05, 0.1) is 13.1 Å². The summed E-state index contributed by atoms with van der Waals surface area (Å²) < 4.78 is 4.15. The minimum absolute atomic E-state index is 0.00747. The first-order chi connectivity index (χ1) is 14.4. The maximum Gasteiger partial charge on any atom is 0.332 e. The van der Waals surface area contributed by atoms with Crippen molar-refractivity contribution in [3.05, 3.63) is 62.6 Å². The highest BCUT2D eigenvalue weighted by Gasteiger charge is 2.24. The SMILES string of the molecule is CC1CCN(Cc2nc3c(c(=O)n(C)c(=O)n3C)n2CC(=O)c2ccccc2)CC1. The molecule has 0 atom stereocenters. The molecule has 2 aromatic heterocycles. The third-order valence-corrected chi connectivity index (χ3v) is 6.07. The summed E-state index contributed by atoms with van der Waals surface area (Å²) in [5, 5.41) is 0. The Balaban J connectivity index is 1.81. The molecule has 158 valence electrons. The number of benzene rings is 1. The van der Waals surface area contributed by atoms with E-state index in [4.69, 9.17) is 0 Å². The first-order valence-electron chi connectivity index (χ1n) is 10.3. The average Bonchev–Trinajstić information content (AvgIpc) is 3.11. The average molecular weight is 409 g/mol. The number of hydrogen-bond acceptors (Lipinski definition) is 5. The number of likely N-dealkylation sites (tertiary alicyclic amines) is 1. The summed E-state index contributed by atoms with van der Waals surface area (Å²) in [5.41, 5.74) is 0.345. The highest BCUT2D eigenvalue weighted by Crippen LogP contribution is 2.20. The lowest BCUT2D eigenvalue weighted by Gasteiger charge is -2.29. The lowest BCUT2D eigenvalue weighted by atomic mass is 9.99. The topological polar surface area (TPSA) is 82.1 Å². The van der Waals surface area contributed by atoms with Gasteiger partial charge in [-0.2, -0.15) is 0 Å². The Kier molecular flexibility index (Phi) is 5.42. The van der Waals surface area contributed by atoms with Crippen LogP contribution in [-0.4, -0.2) is 42.5 Å². The summed E-state index contributed by atoms with van der Waals surface area (Å²) >= 11 is 0. The van der Waals surface area contributed by atoms with Crippen LogP contribution in [-0.2, 0) is 27.2 Å². The lowest BCUT2D eigenvalue weighted by Crippen LogP contribution is -2.38. The number of hydrogen-bond donors (Lipinski definition) is 0. The number of carbonyl (C=O) groups excluding carboxylic acids is 1. The van der Waals surface area contributed by atoms with E-state index in [0.717, 1.165) is 30.5 Å². The molecule has 0 unspecified atom stereocenters. The predicted octanol–water partition coefficient (Wildman–Crippen LogP) is 1.55. The quantitative estimate of drug-likeness (QED) is 0.597. The molecule has 0 saturated carbocycles. The molecule has 8 heteroatoms. The largest absolute Gasteiger partial charge is 0.332 e. The lowest BCUT2D eigenvalue weighted by molar-refractivity contribution is 0.0970. The van der Waals surface area contributed by atoms with E-state index in [1.807, 2.05) is 18.2 Å². The van der Waals surface area contributed by atoms with Gasteiger partial charge in [-0.1, -0.05) is 37.3 Å². The Morgan fingerprint density at radius 1 is 1.07 bits per heavy atom. The number of nitrogens with zero attached hydrogens (tertiary/aromatic N) is 5.